The predicted octanol–water partition coefficient (Wildman–Crippen LogP) is 2.35. The van der Waals surface area contributed by atoms with Gasteiger partial charge < -0.3 is 19.4 Å². The molecule has 0 spiro atoms. The maximum atomic E-state index is 12.5. The molecule has 1 unspecified atom stereocenters. The van der Waals surface area contributed by atoms with Crippen molar-refractivity contribution in [2.75, 3.05) is 6.61 Å². The summed E-state index contributed by atoms with van der Waals surface area (Å²) in [6.07, 6.45) is 3.61. The van der Waals surface area contributed by atoms with Gasteiger partial charge in [-0.3, -0.25) is 4.79 Å². The van der Waals surface area contributed by atoms with Crippen LogP contribution in [0.2, 0.25) is 5.02 Å². The first-order chi connectivity index (χ1) is 16.0. The van der Waals surface area contributed by atoms with Gasteiger partial charge in [0.05, 0.1) is 11.6 Å². The standard InChI is InChI=1S/C27H25ClO5.Na/c28-23-16-22-21(27(30)31)14-15-32-25(22)17-26(23)33-20-12-10-19(11-13-20)24(29)9-5-4-8-18-6-2-1-3-7-18;/h1-3,6-7,10-13,16-17,21H,4-5,8-9,14-15H2,(H,30,31);/q;+1/p-1. The van der Waals surface area contributed by atoms with E-state index in [4.69, 9.17) is 21.1 Å². The molecule has 1 atom stereocenters. The molecule has 0 saturated heterocycles. The molecule has 3 aromatic rings. The molecular formula is C27H24ClNaO5. The zero-order valence-electron chi connectivity index (χ0n) is 19.1. The molecular weight excluding hydrogens is 463 g/mol. The van der Waals surface area contributed by atoms with Gasteiger partial charge in [0, 0.05) is 35.5 Å². The molecule has 170 valence electrons. The van der Waals surface area contributed by atoms with Crippen molar-refractivity contribution in [3.05, 3.63) is 88.4 Å². The second-order valence-corrected chi connectivity index (χ2v) is 8.48. The van der Waals surface area contributed by atoms with Gasteiger partial charge in [-0.25, -0.2) is 0 Å². The van der Waals surface area contributed by atoms with Crippen molar-refractivity contribution >= 4 is 23.4 Å². The van der Waals surface area contributed by atoms with E-state index in [0.29, 0.717) is 41.2 Å². The summed E-state index contributed by atoms with van der Waals surface area (Å²) < 4.78 is 11.5. The van der Waals surface area contributed by atoms with Crippen molar-refractivity contribution in [3.8, 4) is 17.2 Å². The Hall–Kier alpha value is -2.31. The average Bonchev–Trinajstić information content (AvgIpc) is 2.83. The number of aliphatic carboxylic acids is 1. The summed E-state index contributed by atoms with van der Waals surface area (Å²) in [7, 11) is 0. The molecule has 3 aromatic carbocycles. The van der Waals surface area contributed by atoms with Gasteiger partial charge in [0.1, 0.15) is 17.2 Å². The van der Waals surface area contributed by atoms with Gasteiger partial charge in [0.25, 0.3) is 0 Å². The first-order valence-electron chi connectivity index (χ1n) is 11.0. The van der Waals surface area contributed by atoms with Crippen molar-refractivity contribution in [2.45, 2.75) is 38.0 Å². The maximum Gasteiger partial charge on any atom is 1.00 e. The summed E-state index contributed by atoms with van der Waals surface area (Å²) >= 11 is 6.33. The first-order valence-corrected chi connectivity index (χ1v) is 11.4. The van der Waals surface area contributed by atoms with E-state index in [1.54, 1.807) is 36.4 Å². The summed E-state index contributed by atoms with van der Waals surface area (Å²) in [5.74, 6) is -0.498. The van der Waals surface area contributed by atoms with Crippen molar-refractivity contribution < 1.29 is 53.7 Å². The van der Waals surface area contributed by atoms with Gasteiger partial charge in [-0.15, -0.1) is 0 Å². The number of halogens is 1. The fourth-order valence-electron chi connectivity index (χ4n) is 3.95. The molecule has 7 heteroatoms. The molecule has 0 fully saturated rings. The minimum Gasteiger partial charge on any atom is -0.549 e. The molecule has 0 bridgehead atoms. The average molecular weight is 487 g/mol. The van der Waals surface area contributed by atoms with Crippen LogP contribution in [-0.4, -0.2) is 18.4 Å². The van der Waals surface area contributed by atoms with Gasteiger partial charge >= 0.3 is 29.6 Å². The Morgan fingerprint density at radius 1 is 1.03 bits per heavy atom. The number of benzene rings is 3. The minimum atomic E-state index is -1.15. The summed E-state index contributed by atoms with van der Waals surface area (Å²) in [5.41, 5.74) is 2.42. The van der Waals surface area contributed by atoms with Crippen LogP contribution in [0.25, 0.3) is 0 Å². The summed E-state index contributed by atoms with van der Waals surface area (Å²) in [6, 6.07) is 20.3. The smallest absolute Gasteiger partial charge is 0.549 e. The van der Waals surface area contributed by atoms with Crippen molar-refractivity contribution in [3.63, 3.8) is 0 Å². The molecule has 0 amide bonds. The van der Waals surface area contributed by atoms with E-state index in [1.807, 2.05) is 18.2 Å². The molecule has 0 radical (unpaired) electrons. The number of carboxylic acid groups (broad SMARTS) is 1. The number of unbranched alkanes of at least 4 members (excludes halogenated alkanes) is 1. The molecule has 1 aliphatic heterocycles. The van der Waals surface area contributed by atoms with Gasteiger partial charge in [0.2, 0.25) is 0 Å². The number of aryl methyl sites for hydroxylation is 1. The van der Waals surface area contributed by atoms with Gasteiger partial charge in [-0.2, -0.15) is 0 Å². The molecule has 0 saturated carbocycles. The predicted molar refractivity (Wildman–Crippen MR) is 124 cm³/mol. The number of ether oxygens (including phenoxy) is 2. The van der Waals surface area contributed by atoms with Crippen LogP contribution in [0.1, 0.15) is 53.1 Å². The number of carboxylic acids is 1. The quantitative estimate of drug-likeness (QED) is 0.264. The van der Waals surface area contributed by atoms with E-state index in [1.165, 1.54) is 5.56 Å². The normalized spacial score (nSPS) is 14.3. The Bertz CT molecular complexity index is 1130. The molecule has 1 aliphatic rings. The fourth-order valence-corrected chi connectivity index (χ4v) is 4.16. The maximum absolute atomic E-state index is 12.5. The van der Waals surface area contributed by atoms with E-state index in [2.05, 4.69) is 12.1 Å². The number of carbonyl (C=O) groups is 2. The van der Waals surface area contributed by atoms with Crippen LogP contribution in [0, 0.1) is 0 Å². The Balaban J connectivity index is 0.00000324. The summed E-state index contributed by atoms with van der Waals surface area (Å²) in [4.78, 5) is 23.9. The third kappa shape index (κ3) is 6.63. The van der Waals surface area contributed by atoms with E-state index in [9.17, 15) is 14.7 Å². The number of ketones is 1. The number of rotatable bonds is 9. The first kappa shape index (κ1) is 26.3. The Kier molecular flexibility index (Phi) is 9.60. The minimum absolute atomic E-state index is 0. The zero-order chi connectivity index (χ0) is 23.2. The Labute approximate surface area is 226 Å². The second kappa shape index (κ2) is 12.4. The van der Waals surface area contributed by atoms with E-state index in [-0.39, 0.29) is 47.0 Å². The third-order valence-electron chi connectivity index (χ3n) is 5.75. The zero-order valence-corrected chi connectivity index (χ0v) is 21.8. The van der Waals surface area contributed by atoms with Crippen LogP contribution in [0.15, 0.2) is 66.7 Å². The topological polar surface area (TPSA) is 75.7 Å². The van der Waals surface area contributed by atoms with E-state index < -0.39 is 11.9 Å². The van der Waals surface area contributed by atoms with Crippen LogP contribution < -0.4 is 44.1 Å². The third-order valence-corrected chi connectivity index (χ3v) is 6.05. The Morgan fingerprint density at radius 2 is 1.76 bits per heavy atom. The fraction of sp³-hybridized carbons (Fsp3) is 0.259. The van der Waals surface area contributed by atoms with Gasteiger partial charge in [-0.1, -0.05) is 41.9 Å². The van der Waals surface area contributed by atoms with Crippen LogP contribution in [0.3, 0.4) is 0 Å². The molecule has 0 aromatic heterocycles. The molecule has 0 N–H and O–H groups in total. The molecule has 0 aliphatic carbocycles. The van der Waals surface area contributed by atoms with Crippen LogP contribution in [0.5, 0.6) is 17.2 Å². The molecule has 5 nitrogen and oxygen atoms in total. The van der Waals surface area contributed by atoms with Crippen LogP contribution in [-0.2, 0) is 11.2 Å². The SMILES string of the molecule is O=C(CCCCc1ccccc1)c1ccc(Oc2cc3c(cc2Cl)C(C(=O)[O-])CCO3)cc1.[Na+]. The van der Waals surface area contributed by atoms with Crippen LogP contribution in [0.4, 0.5) is 0 Å². The molecule has 4 rings (SSSR count). The number of fused-ring (bicyclic) bond motifs is 1. The monoisotopic (exact) mass is 486 g/mol. The summed E-state index contributed by atoms with van der Waals surface area (Å²) in [6.45, 7) is 0.287. The summed E-state index contributed by atoms with van der Waals surface area (Å²) in [5, 5.41) is 11.7. The van der Waals surface area contributed by atoms with Gasteiger partial charge in [0.15, 0.2) is 5.78 Å². The number of carbonyl (C=O) groups excluding carboxylic acids is 2. The molecule has 34 heavy (non-hydrogen) atoms. The van der Waals surface area contributed by atoms with Crippen molar-refractivity contribution in [2.24, 2.45) is 0 Å². The number of hydrogen-bond donors (Lipinski definition) is 0. The second-order valence-electron chi connectivity index (χ2n) is 8.07. The Morgan fingerprint density at radius 3 is 2.47 bits per heavy atom. The van der Waals surface area contributed by atoms with Crippen molar-refractivity contribution in [1.82, 2.24) is 0 Å². The number of Topliss-reactive ketones (excluding diaryl/α,β-unsaturated/α-hetero) is 1. The van der Waals surface area contributed by atoms with Crippen LogP contribution >= 0.6 is 11.6 Å². The largest absolute Gasteiger partial charge is 1.00 e. The van der Waals surface area contributed by atoms with E-state index >= 15 is 0 Å². The van der Waals surface area contributed by atoms with Gasteiger partial charge in [-0.05, 0) is 61.6 Å². The van der Waals surface area contributed by atoms with E-state index in [0.717, 1.165) is 19.3 Å². The molecule has 1 heterocycles. The number of hydrogen-bond acceptors (Lipinski definition) is 5. The van der Waals surface area contributed by atoms with Crippen molar-refractivity contribution in [1.29, 1.82) is 0 Å².